The summed E-state index contributed by atoms with van der Waals surface area (Å²) in [6.45, 7) is 4.62. The summed E-state index contributed by atoms with van der Waals surface area (Å²) in [6.07, 6.45) is 1.66. The number of amides is 1. The Balaban J connectivity index is 1.40. The third-order valence-electron chi connectivity index (χ3n) is 6.14. The number of carbonyl (C=O) groups excluding carboxylic acids is 1. The number of likely N-dealkylation sites (tertiary alicyclic amines) is 2. The lowest BCUT2D eigenvalue weighted by molar-refractivity contribution is -0.154. The van der Waals surface area contributed by atoms with Crippen LogP contribution in [0.5, 0.6) is 0 Å². The average Bonchev–Trinajstić information content (AvgIpc) is 3.22. The molecule has 146 valence electrons. The van der Waals surface area contributed by atoms with Gasteiger partial charge in [-0.3, -0.25) is 9.69 Å². The molecule has 1 amide bonds. The van der Waals surface area contributed by atoms with E-state index in [1.807, 2.05) is 30.7 Å². The van der Waals surface area contributed by atoms with Gasteiger partial charge in [0.05, 0.1) is 18.1 Å². The van der Waals surface area contributed by atoms with Crippen molar-refractivity contribution >= 4 is 5.91 Å². The van der Waals surface area contributed by atoms with Crippen molar-refractivity contribution in [3.05, 3.63) is 23.7 Å². The van der Waals surface area contributed by atoms with Gasteiger partial charge in [0.1, 0.15) is 5.69 Å². The van der Waals surface area contributed by atoms with Gasteiger partial charge in [0.25, 0.3) is 5.89 Å². The highest BCUT2D eigenvalue weighted by Crippen LogP contribution is 2.40. The number of hydrogen-bond donors (Lipinski definition) is 1. The summed E-state index contributed by atoms with van der Waals surface area (Å²) in [5.74, 6) is 1.29. The molecule has 4 heterocycles. The van der Waals surface area contributed by atoms with Crippen molar-refractivity contribution in [2.45, 2.75) is 38.8 Å². The van der Waals surface area contributed by atoms with Crippen molar-refractivity contribution in [3.63, 3.8) is 0 Å². The summed E-state index contributed by atoms with van der Waals surface area (Å²) in [6, 6.07) is 4.00. The van der Waals surface area contributed by atoms with Gasteiger partial charge >= 0.3 is 0 Å². The molecule has 2 saturated heterocycles. The molecule has 8 nitrogen and oxygen atoms in total. The highest BCUT2D eigenvalue weighted by molar-refractivity contribution is 5.83. The Bertz CT molecular complexity index is 834. The molecule has 1 unspecified atom stereocenters. The summed E-state index contributed by atoms with van der Waals surface area (Å²) in [7, 11) is 3.76. The fraction of sp³-hybridized carbons (Fsp3) is 0.632. The van der Waals surface area contributed by atoms with Crippen LogP contribution in [0.4, 0.5) is 0 Å². The zero-order valence-electron chi connectivity index (χ0n) is 16.2. The van der Waals surface area contributed by atoms with E-state index in [9.17, 15) is 9.90 Å². The van der Waals surface area contributed by atoms with E-state index >= 15 is 0 Å². The van der Waals surface area contributed by atoms with Gasteiger partial charge in [-0.1, -0.05) is 0 Å². The predicted octanol–water partition coefficient (Wildman–Crippen LogP) is 1.19. The first-order chi connectivity index (χ1) is 12.9. The van der Waals surface area contributed by atoms with Gasteiger partial charge in [-0.05, 0) is 51.4 Å². The number of likely N-dealkylation sites (N-methyl/N-ethyl adjacent to an activating group) is 1. The monoisotopic (exact) mass is 373 g/mol. The van der Waals surface area contributed by atoms with Crippen molar-refractivity contribution in [3.8, 4) is 11.6 Å². The Morgan fingerprint density at radius 2 is 2.00 bits per heavy atom. The second-order valence-corrected chi connectivity index (χ2v) is 8.02. The molecule has 2 fully saturated rings. The molecular weight excluding hydrogens is 346 g/mol. The maximum Gasteiger partial charge on any atom is 0.264 e. The fourth-order valence-corrected chi connectivity index (χ4v) is 4.40. The van der Waals surface area contributed by atoms with Crippen LogP contribution in [0.25, 0.3) is 11.6 Å². The number of aliphatic hydroxyl groups excluding tert-OH is 1. The average molecular weight is 373 g/mol. The molecule has 2 aromatic rings. The van der Waals surface area contributed by atoms with E-state index in [2.05, 4.69) is 15.1 Å². The van der Waals surface area contributed by atoms with E-state index in [0.29, 0.717) is 31.3 Å². The Morgan fingerprint density at radius 1 is 1.26 bits per heavy atom. The number of hydrogen-bond acceptors (Lipinski definition) is 6. The van der Waals surface area contributed by atoms with Crippen LogP contribution < -0.4 is 0 Å². The molecular formula is C19H27N5O3. The Kier molecular flexibility index (Phi) is 4.55. The number of carbonyl (C=O) groups is 1. The minimum Gasteiger partial charge on any atom is -0.418 e. The topological polar surface area (TPSA) is 87.6 Å². The molecule has 2 aliphatic rings. The molecule has 8 heteroatoms. The smallest absolute Gasteiger partial charge is 0.264 e. The normalized spacial score (nSPS) is 23.3. The number of aromatic nitrogens is 3. The maximum absolute atomic E-state index is 12.7. The molecule has 0 bridgehead atoms. The minimum absolute atomic E-state index is 0.173. The molecule has 2 aromatic heterocycles. The van der Waals surface area contributed by atoms with Crippen LogP contribution in [-0.4, -0.2) is 68.4 Å². The molecule has 27 heavy (non-hydrogen) atoms. The molecule has 4 rings (SSSR count). The van der Waals surface area contributed by atoms with Gasteiger partial charge in [0.2, 0.25) is 11.8 Å². The van der Waals surface area contributed by atoms with Crippen LogP contribution in [0.2, 0.25) is 0 Å². The zero-order valence-corrected chi connectivity index (χ0v) is 16.2. The Morgan fingerprint density at radius 3 is 2.67 bits per heavy atom. The van der Waals surface area contributed by atoms with Crippen LogP contribution in [0.15, 0.2) is 16.5 Å². The van der Waals surface area contributed by atoms with Crippen LogP contribution in [-0.2, 0) is 18.4 Å². The summed E-state index contributed by atoms with van der Waals surface area (Å²) >= 11 is 0. The van der Waals surface area contributed by atoms with Crippen molar-refractivity contribution in [1.29, 1.82) is 0 Å². The summed E-state index contributed by atoms with van der Waals surface area (Å²) in [5.41, 5.74) is 1.63. The Hall–Kier alpha value is -2.19. The van der Waals surface area contributed by atoms with Gasteiger partial charge in [-0.25, -0.2) is 0 Å². The molecule has 0 aromatic carbocycles. The first-order valence-corrected chi connectivity index (χ1v) is 9.49. The predicted molar refractivity (Wildman–Crippen MR) is 98.6 cm³/mol. The van der Waals surface area contributed by atoms with Crippen LogP contribution >= 0.6 is 0 Å². The standard InChI is InChI=1S/C19H27N5O3/c1-13-4-5-15(23(13)3)17-21-20-16(27-17)12-24-8-6-19(7-9-24)10-14(25)11-22(2)18(19)26/h4-5,14,25H,6-12H2,1-3H3. The van der Waals surface area contributed by atoms with Crippen LogP contribution in [0, 0.1) is 12.3 Å². The molecule has 0 aliphatic carbocycles. The molecule has 0 radical (unpaired) electrons. The van der Waals surface area contributed by atoms with Gasteiger partial charge < -0.3 is 19.0 Å². The van der Waals surface area contributed by atoms with Gasteiger partial charge in [-0.15, -0.1) is 10.2 Å². The van der Waals surface area contributed by atoms with Crippen molar-refractivity contribution in [2.75, 3.05) is 26.7 Å². The van der Waals surface area contributed by atoms with Crippen LogP contribution in [0.3, 0.4) is 0 Å². The molecule has 2 aliphatic heterocycles. The third kappa shape index (κ3) is 3.27. The van der Waals surface area contributed by atoms with Crippen molar-refractivity contribution in [2.24, 2.45) is 12.5 Å². The number of piperidine rings is 2. The first-order valence-electron chi connectivity index (χ1n) is 9.49. The lowest BCUT2D eigenvalue weighted by Crippen LogP contribution is -2.56. The number of aliphatic hydroxyl groups is 1. The third-order valence-corrected chi connectivity index (χ3v) is 6.14. The van der Waals surface area contributed by atoms with E-state index < -0.39 is 11.5 Å². The first kappa shape index (κ1) is 18.2. The molecule has 0 saturated carbocycles. The number of aryl methyl sites for hydroxylation is 1. The number of nitrogens with zero attached hydrogens (tertiary/aromatic N) is 5. The summed E-state index contributed by atoms with van der Waals surface area (Å²) in [4.78, 5) is 16.6. The Labute approximate surface area is 158 Å². The van der Waals surface area contributed by atoms with E-state index in [4.69, 9.17) is 4.42 Å². The number of rotatable bonds is 3. The highest BCUT2D eigenvalue weighted by atomic mass is 16.4. The second-order valence-electron chi connectivity index (χ2n) is 8.02. The lowest BCUT2D eigenvalue weighted by atomic mass is 9.71. The van der Waals surface area contributed by atoms with Gasteiger partial charge in [-0.2, -0.15) is 0 Å². The highest BCUT2D eigenvalue weighted by Gasteiger charge is 2.47. The van der Waals surface area contributed by atoms with Crippen molar-refractivity contribution in [1.82, 2.24) is 24.6 Å². The summed E-state index contributed by atoms with van der Waals surface area (Å²) < 4.78 is 7.89. The molecule has 1 N–H and O–H groups in total. The fourth-order valence-electron chi connectivity index (χ4n) is 4.40. The molecule has 1 atom stereocenters. The SMILES string of the molecule is Cc1ccc(-c2nnc(CN3CCC4(CC3)CC(O)CN(C)C4=O)o2)n1C. The van der Waals surface area contributed by atoms with Crippen molar-refractivity contribution < 1.29 is 14.3 Å². The van der Waals surface area contributed by atoms with E-state index in [-0.39, 0.29) is 5.91 Å². The van der Waals surface area contributed by atoms with E-state index in [0.717, 1.165) is 37.3 Å². The minimum atomic E-state index is -0.425. The molecule has 1 spiro atoms. The lowest BCUT2D eigenvalue weighted by Gasteiger charge is -2.46. The largest absolute Gasteiger partial charge is 0.418 e. The quantitative estimate of drug-likeness (QED) is 0.870. The van der Waals surface area contributed by atoms with E-state index in [1.54, 1.807) is 11.9 Å². The number of β-amino-alcohol motifs (C(OH)–C–C–N with tert-alkyl or cyclic N) is 1. The van der Waals surface area contributed by atoms with E-state index in [1.165, 1.54) is 0 Å². The zero-order chi connectivity index (χ0) is 19.2. The van der Waals surface area contributed by atoms with Gasteiger partial charge in [0.15, 0.2) is 0 Å². The summed E-state index contributed by atoms with van der Waals surface area (Å²) in [5, 5.41) is 18.5. The second kappa shape index (κ2) is 6.76. The maximum atomic E-state index is 12.7. The van der Waals surface area contributed by atoms with Gasteiger partial charge in [0, 0.05) is 26.3 Å². The van der Waals surface area contributed by atoms with Crippen LogP contribution in [0.1, 0.15) is 30.8 Å².